The number of hydrogen-bond donors (Lipinski definition) is 1. The number of halogens is 5. The molecule has 2 aromatic carbocycles. The lowest BCUT2D eigenvalue weighted by atomic mass is 9.95. The third-order valence-electron chi connectivity index (χ3n) is 6.13. The van der Waals surface area contributed by atoms with Crippen LogP contribution in [0.2, 0.25) is 10.0 Å². The van der Waals surface area contributed by atoms with Crippen LogP contribution in [-0.4, -0.2) is 45.2 Å². The van der Waals surface area contributed by atoms with Crippen LogP contribution in [0.5, 0.6) is 0 Å². The Kier molecular flexibility index (Phi) is 6.37. The summed E-state index contributed by atoms with van der Waals surface area (Å²) in [7, 11) is 1.64. The van der Waals surface area contributed by atoms with Gasteiger partial charge < -0.3 is 14.6 Å². The molecule has 176 valence electrons. The molecule has 33 heavy (non-hydrogen) atoms. The van der Waals surface area contributed by atoms with Gasteiger partial charge in [-0.15, -0.1) is 0 Å². The molecule has 0 aliphatic carbocycles. The minimum absolute atomic E-state index is 0.0838. The number of aromatic nitrogens is 2. The average Bonchev–Trinajstić information content (AvgIpc) is 3.03. The third kappa shape index (κ3) is 4.44. The van der Waals surface area contributed by atoms with E-state index in [0.29, 0.717) is 58.1 Å². The monoisotopic (exact) mass is 499 g/mol. The Morgan fingerprint density at radius 3 is 2.58 bits per heavy atom. The van der Waals surface area contributed by atoms with E-state index in [0.717, 1.165) is 12.1 Å². The van der Waals surface area contributed by atoms with Crippen LogP contribution in [0.3, 0.4) is 0 Å². The van der Waals surface area contributed by atoms with E-state index in [2.05, 4.69) is 4.98 Å². The van der Waals surface area contributed by atoms with Crippen molar-refractivity contribution in [1.29, 1.82) is 0 Å². The molecule has 1 saturated heterocycles. The minimum atomic E-state index is -4.46. The molecule has 5 nitrogen and oxygen atoms in total. The van der Waals surface area contributed by atoms with Gasteiger partial charge in [0.25, 0.3) is 5.91 Å². The molecule has 10 heteroatoms. The summed E-state index contributed by atoms with van der Waals surface area (Å²) in [5.74, 6) is 0.532. The largest absolute Gasteiger partial charge is 0.416 e. The molecule has 1 aliphatic rings. The van der Waals surface area contributed by atoms with Crippen LogP contribution in [0, 0.1) is 12.8 Å². The number of carbonyl (C=O) groups excluding carboxylic acids is 1. The Hall–Kier alpha value is -2.29. The van der Waals surface area contributed by atoms with E-state index < -0.39 is 11.7 Å². The Bertz CT molecular complexity index is 1230. The zero-order valence-corrected chi connectivity index (χ0v) is 19.5. The van der Waals surface area contributed by atoms with Gasteiger partial charge in [0, 0.05) is 38.2 Å². The Morgan fingerprint density at radius 2 is 1.94 bits per heavy atom. The number of carbonyl (C=O) groups is 1. The molecule has 1 amide bonds. The number of imidazole rings is 1. The second-order valence-electron chi connectivity index (χ2n) is 8.40. The zero-order valence-electron chi connectivity index (χ0n) is 18.0. The van der Waals surface area contributed by atoms with E-state index in [1.54, 1.807) is 35.6 Å². The maximum Gasteiger partial charge on any atom is 0.416 e. The van der Waals surface area contributed by atoms with E-state index in [9.17, 15) is 18.0 Å². The normalized spacial score (nSPS) is 14.7. The van der Waals surface area contributed by atoms with Gasteiger partial charge in [0.2, 0.25) is 0 Å². The van der Waals surface area contributed by atoms with Crippen molar-refractivity contribution in [3.05, 3.63) is 62.4 Å². The first-order valence-corrected chi connectivity index (χ1v) is 11.2. The molecule has 1 aliphatic heterocycles. The number of likely N-dealkylation sites (tertiary alicyclic amines) is 1. The van der Waals surface area contributed by atoms with E-state index in [-0.39, 0.29) is 29.9 Å². The first-order valence-electron chi connectivity index (χ1n) is 10.4. The molecule has 0 spiro atoms. The van der Waals surface area contributed by atoms with Gasteiger partial charge in [-0.3, -0.25) is 4.79 Å². The molecule has 0 saturated carbocycles. The van der Waals surface area contributed by atoms with E-state index in [4.69, 9.17) is 28.3 Å². The molecular formula is C23H22Cl2F3N3O2. The number of rotatable bonds is 5. The molecule has 1 N–H and O–H groups in total. The highest BCUT2D eigenvalue weighted by molar-refractivity contribution is 6.38. The van der Waals surface area contributed by atoms with Crippen LogP contribution in [0.4, 0.5) is 13.2 Å². The molecule has 0 unspecified atom stereocenters. The summed E-state index contributed by atoms with van der Waals surface area (Å²) < 4.78 is 41.4. The van der Waals surface area contributed by atoms with Gasteiger partial charge in [0.15, 0.2) is 0 Å². The highest BCUT2D eigenvalue weighted by atomic mass is 35.5. The van der Waals surface area contributed by atoms with Crippen molar-refractivity contribution in [3.63, 3.8) is 0 Å². The molecule has 0 bridgehead atoms. The minimum Gasteiger partial charge on any atom is -0.396 e. The number of fused-ring (bicyclic) bond motifs is 1. The summed E-state index contributed by atoms with van der Waals surface area (Å²) in [4.78, 5) is 19.1. The molecule has 2 heterocycles. The third-order valence-corrected chi connectivity index (χ3v) is 6.92. The van der Waals surface area contributed by atoms with Crippen molar-refractivity contribution in [2.45, 2.75) is 25.9 Å². The van der Waals surface area contributed by atoms with Crippen molar-refractivity contribution in [2.75, 3.05) is 19.7 Å². The zero-order chi connectivity index (χ0) is 24.1. The number of aliphatic hydroxyl groups excluding tert-OH is 1. The smallest absolute Gasteiger partial charge is 0.396 e. The quantitative estimate of drug-likeness (QED) is 0.521. The number of hydrogen-bond acceptors (Lipinski definition) is 3. The maximum atomic E-state index is 13.3. The molecule has 1 aromatic heterocycles. The van der Waals surface area contributed by atoms with E-state index in [1.165, 1.54) is 0 Å². The predicted octanol–water partition coefficient (Wildman–Crippen LogP) is 5.25. The second-order valence-corrected chi connectivity index (χ2v) is 9.18. The van der Waals surface area contributed by atoms with E-state index in [1.807, 2.05) is 0 Å². The highest BCUT2D eigenvalue weighted by Crippen LogP contribution is 2.35. The molecule has 1 fully saturated rings. The summed E-state index contributed by atoms with van der Waals surface area (Å²) in [6, 6.07) is 5.32. The second kappa shape index (κ2) is 8.81. The predicted molar refractivity (Wildman–Crippen MR) is 121 cm³/mol. The van der Waals surface area contributed by atoms with Gasteiger partial charge in [-0.1, -0.05) is 23.2 Å². The van der Waals surface area contributed by atoms with Crippen molar-refractivity contribution in [1.82, 2.24) is 14.5 Å². The van der Waals surface area contributed by atoms with Crippen molar-refractivity contribution >= 4 is 40.1 Å². The van der Waals surface area contributed by atoms with Gasteiger partial charge in [-0.05, 0) is 54.7 Å². The number of aryl methyl sites for hydroxylation is 2. The number of alkyl halides is 3. The van der Waals surface area contributed by atoms with Crippen molar-refractivity contribution in [2.24, 2.45) is 13.0 Å². The number of amides is 1. The topological polar surface area (TPSA) is 58.4 Å². The lowest BCUT2D eigenvalue weighted by Gasteiger charge is -2.39. The lowest BCUT2D eigenvalue weighted by Crippen LogP contribution is -2.50. The standard InChI is InChI=1S/C23H22Cl2F3N3O2/c1-12-7-14(23(26,27)28)8-18-21(12)29-19(30(18)2)9-16-17(24)4-3-15(20(16)25)22(33)31-10-13(11-31)5-6-32/h3-4,7-8,13,32H,5-6,9-11H2,1-2H3. The molecule has 0 radical (unpaired) electrons. The van der Waals surface area contributed by atoms with Crippen LogP contribution in [-0.2, 0) is 19.6 Å². The Morgan fingerprint density at radius 1 is 1.24 bits per heavy atom. The van der Waals surface area contributed by atoms with Crippen LogP contribution in [0.1, 0.15) is 39.3 Å². The van der Waals surface area contributed by atoms with Gasteiger partial charge in [-0.25, -0.2) is 4.98 Å². The summed E-state index contributed by atoms with van der Waals surface area (Å²) in [6.07, 6.45) is -3.67. The van der Waals surface area contributed by atoms with Gasteiger partial charge in [0.05, 0.1) is 27.2 Å². The summed E-state index contributed by atoms with van der Waals surface area (Å²) in [5.41, 5.74) is 1.30. The maximum absolute atomic E-state index is 13.3. The van der Waals surface area contributed by atoms with Gasteiger partial charge in [-0.2, -0.15) is 13.2 Å². The lowest BCUT2D eigenvalue weighted by molar-refractivity contribution is -0.137. The van der Waals surface area contributed by atoms with E-state index >= 15 is 0 Å². The first kappa shape index (κ1) is 23.9. The summed E-state index contributed by atoms with van der Waals surface area (Å²) in [5, 5.41) is 9.59. The fourth-order valence-electron chi connectivity index (χ4n) is 4.18. The summed E-state index contributed by atoms with van der Waals surface area (Å²) >= 11 is 13.0. The Balaban J connectivity index is 1.67. The summed E-state index contributed by atoms with van der Waals surface area (Å²) in [6.45, 7) is 2.78. The van der Waals surface area contributed by atoms with Gasteiger partial charge >= 0.3 is 6.18 Å². The SMILES string of the molecule is Cc1cc(C(F)(F)F)cc2c1nc(Cc1c(Cl)ccc(C(=O)N3CC(CCO)C3)c1Cl)n2C. The van der Waals surface area contributed by atoms with Crippen LogP contribution in [0.15, 0.2) is 24.3 Å². The van der Waals surface area contributed by atoms with Gasteiger partial charge in [0.1, 0.15) is 5.82 Å². The van der Waals surface area contributed by atoms with Crippen LogP contribution < -0.4 is 0 Å². The van der Waals surface area contributed by atoms with Crippen LogP contribution in [0.25, 0.3) is 11.0 Å². The number of aliphatic hydroxyl groups is 1. The fraction of sp³-hybridized carbons (Fsp3) is 0.391. The van der Waals surface area contributed by atoms with Crippen molar-refractivity contribution in [3.8, 4) is 0 Å². The fourth-order valence-corrected chi connectivity index (χ4v) is 4.77. The highest BCUT2D eigenvalue weighted by Gasteiger charge is 2.33. The first-order chi connectivity index (χ1) is 15.5. The molecule has 0 atom stereocenters. The molecule has 4 rings (SSSR count). The molecule has 3 aromatic rings. The van der Waals surface area contributed by atoms with Crippen LogP contribution >= 0.6 is 23.2 Å². The average molecular weight is 500 g/mol. The van der Waals surface area contributed by atoms with Crippen molar-refractivity contribution < 1.29 is 23.1 Å². The number of nitrogens with zero attached hydrogens (tertiary/aromatic N) is 3. The Labute approximate surface area is 198 Å². The molecular weight excluding hydrogens is 478 g/mol. The number of benzene rings is 2.